The third-order valence-electron chi connectivity index (χ3n) is 6.31. The predicted molar refractivity (Wildman–Crippen MR) is 126 cm³/mol. The molecule has 0 saturated heterocycles. The Morgan fingerprint density at radius 3 is 2.45 bits per heavy atom. The Hall–Kier alpha value is -3.09. The number of carbonyl (C=O) groups is 1. The average Bonchev–Trinajstić information content (AvgIpc) is 3.12. The number of fused-ring (bicyclic) bond motifs is 1. The molecule has 4 N–H and O–H groups in total. The van der Waals surface area contributed by atoms with E-state index in [-0.39, 0.29) is 17.9 Å². The topological polar surface area (TPSA) is 67.2 Å². The van der Waals surface area contributed by atoms with Crippen LogP contribution in [0.15, 0.2) is 66.7 Å². The maximum atomic E-state index is 13.7. The lowest BCUT2D eigenvalue weighted by atomic mass is 9.84. The minimum Gasteiger partial charge on any atom is -0.345 e. The summed E-state index contributed by atoms with van der Waals surface area (Å²) >= 11 is 0. The predicted octanol–water partition coefficient (Wildman–Crippen LogP) is 4.29. The van der Waals surface area contributed by atoms with E-state index in [4.69, 9.17) is 5.73 Å². The Morgan fingerprint density at radius 2 is 1.70 bits per heavy atom. The van der Waals surface area contributed by atoms with E-state index in [0.717, 1.165) is 18.1 Å². The fourth-order valence-corrected chi connectivity index (χ4v) is 4.62. The second-order valence-corrected chi connectivity index (χ2v) is 8.65. The molecule has 0 spiro atoms. The van der Waals surface area contributed by atoms with E-state index in [9.17, 15) is 13.6 Å². The SMILES string of the molecule is CCc1cccc(CNCC(C(N)Cc2cc(F)cc(F)c2)[C@H]2NC(=O)c3ccccc32)c1. The van der Waals surface area contributed by atoms with Gasteiger partial charge < -0.3 is 16.4 Å². The fraction of sp³-hybridized carbons (Fsp3) is 0.296. The van der Waals surface area contributed by atoms with Crippen molar-refractivity contribution in [3.63, 3.8) is 0 Å². The largest absolute Gasteiger partial charge is 0.345 e. The van der Waals surface area contributed by atoms with Crippen molar-refractivity contribution in [2.45, 2.75) is 38.4 Å². The molecule has 3 aromatic rings. The summed E-state index contributed by atoms with van der Waals surface area (Å²) in [6.45, 7) is 3.32. The van der Waals surface area contributed by atoms with Crippen LogP contribution in [0, 0.1) is 17.6 Å². The third-order valence-corrected chi connectivity index (χ3v) is 6.31. The number of aryl methyl sites for hydroxylation is 1. The lowest BCUT2D eigenvalue weighted by Gasteiger charge is -2.30. The Morgan fingerprint density at radius 1 is 0.970 bits per heavy atom. The number of carbonyl (C=O) groups excluding carboxylic acids is 1. The molecular weight excluding hydrogens is 420 g/mol. The van der Waals surface area contributed by atoms with Crippen molar-refractivity contribution < 1.29 is 13.6 Å². The molecule has 0 saturated carbocycles. The minimum absolute atomic E-state index is 0.125. The highest BCUT2D eigenvalue weighted by molar-refractivity contribution is 5.99. The summed E-state index contributed by atoms with van der Waals surface area (Å²) in [4.78, 5) is 12.5. The maximum Gasteiger partial charge on any atom is 0.252 e. The first kappa shape index (κ1) is 23.1. The smallest absolute Gasteiger partial charge is 0.252 e. The molecule has 0 bridgehead atoms. The normalized spacial score (nSPS) is 16.8. The molecule has 0 aromatic heterocycles. The molecule has 2 unspecified atom stereocenters. The van der Waals surface area contributed by atoms with E-state index in [1.165, 1.54) is 23.3 Å². The van der Waals surface area contributed by atoms with E-state index in [1.54, 1.807) is 6.07 Å². The van der Waals surface area contributed by atoms with Crippen molar-refractivity contribution in [3.8, 4) is 0 Å². The van der Waals surface area contributed by atoms with Gasteiger partial charge in [0.2, 0.25) is 0 Å². The Labute approximate surface area is 193 Å². The van der Waals surface area contributed by atoms with Gasteiger partial charge in [0.15, 0.2) is 0 Å². The fourth-order valence-electron chi connectivity index (χ4n) is 4.62. The summed E-state index contributed by atoms with van der Waals surface area (Å²) < 4.78 is 27.5. The molecule has 4 nitrogen and oxygen atoms in total. The van der Waals surface area contributed by atoms with Crippen LogP contribution in [0.5, 0.6) is 0 Å². The van der Waals surface area contributed by atoms with Crippen molar-refractivity contribution in [1.82, 2.24) is 10.6 Å². The van der Waals surface area contributed by atoms with Crippen molar-refractivity contribution in [2.75, 3.05) is 6.54 Å². The van der Waals surface area contributed by atoms with Gasteiger partial charge in [0.1, 0.15) is 11.6 Å². The standard InChI is InChI=1S/C27H29F2N3O/c1-2-17-6-5-7-18(10-17)15-31-16-24(25(30)13-19-11-20(28)14-21(29)12-19)26-22-8-3-4-9-23(22)27(33)32-26/h3-12,14,24-26,31H,2,13,15-16,30H2,1H3,(H,32,33)/t24?,25?,26-/m0/s1. The van der Waals surface area contributed by atoms with Crippen LogP contribution in [0.25, 0.3) is 0 Å². The van der Waals surface area contributed by atoms with Gasteiger partial charge in [-0.25, -0.2) is 8.78 Å². The summed E-state index contributed by atoms with van der Waals surface area (Å²) in [7, 11) is 0. The van der Waals surface area contributed by atoms with Gasteiger partial charge in [-0.15, -0.1) is 0 Å². The molecule has 0 radical (unpaired) electrons. The van der Waals surface area contributed by atoms with Crippen LogP contribution in [0.4, 0.5) is 8.78 Å². The van der Waals surface area contributed by atoms with Gasteiger partial charge in [0, 0.05) is 36.7 Å². The summed E-state index contributed by atoms with van der Waals surface area (Å²) in [5.74, 6) is -1.55. The Bertz CT molecular complexity index is 1110. The second-order valence-electron chi connectivity index (χ2n) is 8.65. The number of rotatable bonds is 9. The zero-order chi connectivity index (χ0) is 23.4. The molecule has 172 valence electrons. The van der Waals surface area contributed by atoms with Crippen LogP contribution in [0.3, 0.4) is 0 Å². The van der Waals surface area contributed by atoms with Crippen LogP contribution >= 0.6 is 0 Å². The molecule has 33 heavy (non-hydrogen) atoms. The molecule has 3 atom stereocenters. The van der Waals surface area contributed by atoms with Gasteiger partial charge >= 0.3 is 0 Å². The van der Waals surface area contributed by atoms with Crippen molar-refractivity contribution in [2.24, 2.45) is 11.7 Å². The van der Waals surface area contributed by atoms with Gasteiger partial charge in [0.05, 0.1) is 6.04 Å². The Kier molecular flexibility index (Phi) is 7.16. The third kappa shape index (κ3) is 5.46. The lowest BCUT2D eigenvalue weighted by Crippen LogP contribution is -2.45. The summed E-state index contributed by atoms with van der Waals surface area (Å²) in [6, 6.07) is 18.6. The highest BCUT2D eigenvalue weighted by Gasteiger charge is 2.36. The van der Waals surface area contributed by atoms with Crippen LogP contribution in [-0.4, -0.2) is 18.5 Å². The first-order valence-electron chi connectivity index (χ1n) is 11.3. The zero-order valence-corrected chi connectivity index (χ0v) is 18.7. The first-order valence-corrected chi connectivity index (χ1v) is 11.3. The highest BCUT2D eigenvalue weighted by Crippen LogP contribution is 2.33. The van der Waals surface area contributed by atoms with Crippen molar-refractivity contribution in [3.05, 3.63) is 106 Å². The minimum atomic E-state index is -0.623. The zero-order valence-electron chi connectivity index (χ0n) is 18.7. The highest BCUT2D eigenvalue weighted by atomic mass is 19.1. The van der Waals surface area contributed by atoms with E-state index < -0.39 is 17.7 Å². The molecule has 1 amide bonds. The van der Waals surface area contributed by atoms with E-state index in [0.29, 0.717) is 30.6 Å². The second kappa shape index (κ2) is 10.2. The lowest BCUT2D eigenvalue weighted by molar-refractivity contribution is 0.0942. The molecule has 1 aliphatic heterocycles. The van der Waals surface area contributed by atoms with Gasteiger partial charge in [-0.3, -0.25) is 4.79 Å². The number of halogens is 2. The van der Waals surface area contributed by atoms with Crippen molar-refractivity contribution >= 4 is 5.91 Å². The first-order chi connectivity index (χ1) is 15.9. The van der Waals surface area contributed by atoms with Crippen LogP contribution in [0.2, 0.25) is 0 Å². The number of amides is 1. The van der Waals surface area contributed by atoms with Gasteiger partial charge in [-0.05, 0) is 53.3 Å². The average molecular weight is 450 g/mol. The van der Waals surface area contributed by atoms with E-state index >= 15 is 0 Å². The van der Waals surface area contributed by atoms with Crippen molar-refractivity contribution in [1.29, 1.82) is 0 Å². The van der Waals surface area contributed by atoms with Crippen LogP contribution in [-0.2, 0) is 19.4 Å². The number of hydrogen-bond donors (Lipinski definition) is 3. The molecule has 0 fully saturated rings. The molecule has 1 heterocycles. The number of hydrogen-bond acceptors (Lipinski definition) is 3. The molecule has 4 rings (SSSR count). The monoisotopic (exact) mass is 449 g/mol. The van der Waals surface area contributed by atoms with Gasteiger partial charge in [-0.1, -0.05) is 49.4 Å². The number of benzene rings is 3. The van der Waals surface area contributed by atoms with Crippen LogP contribution < -0.4 is 16.4 Å². The summed E-state index contributed by atoms with van der Waals surface area (Å²) in [5.41, 5.74) is 11.1. The molecular formula is C27H29F2N3O. The number of nitrogens with one attached hydrogen (secondary N) is 2. The maximum absolute atomic E-state index is 13.7. The van der Waals surface area contributed by atoms with Gasteiger partial charge in [-0.2, -0.15) is 0 Å². The van der Waals surface area contributed by atoms with Gasteiger partial charge in [0.25, 0.3) is 5.91 Å². The van der Waals surface area contributed by atoms with E-state index in [2.05, 4.69) is 35.8 Å². The molecule has 3 aromatic carbocycles. The molecule has 0 aliphatic carbocycles. The quantitative estimate of drug-likeness (QED) is 0.457. The molecule has 1 aliphatic rings. The molecule has 6 heteroatoms. The number of nitrogens with two attached hydrogens (primary N) is 1. The van der Waals surface area contributed by atoms with E-state index in [1.807, 2.05) is 24.3 Å². The Balaban J connectivity index is 1.54. The summed E-state index contributed by atoms with van der Waals surface area (Å²) in [5, 5.41) is 6.55. The summed E-state index contributed by atoms with van der Waals surface area (Å²) in [6.07, 6.45) is 1.26. The van der Waals surface area contributed by atoms with Crippen LogP contribution in [0.1, 0.15) is 45.6 Å².